The fourth-order valence-corrected chi connectivity index (χ4v) is 2.37. The van der Waals surface area contributed by atoms with Crippen molar-refractivity contribution in [2.45, 2.75) is 19.0 Å². The molecular weight excluding hydrogens is 291 g/mol. The molecule has 2 aromatic heterocycles. The molecule has 0 fully saturated rings. The van der Waals surface area contributed by atoms with Crippen LogP contribution in [0, 0.1) is 0 Å². The number of hydrogen-bond acceptors (Lipinski definition) is 2. The number of nitrogen functional groups attached to an aromatic ring is 1. The van der Waals surface area contributed by atoms with E-state index in [1.807, 2.05) is 30.3 Å². The Morgan fingerprint density at radius 3 is 2.41 bits per heavy atom. The number of halogens is 3. The monoisotopic (exact) mass is 305 g/mol. The summed E-state index contributed by atoms with van der Waals surface area (Å²) in [6, 6.07) is 12.2. The van der Waals surface area contributed by atoms with Gasteiger partial charge in [-0.1, -0.05) is 30.3 Å². The number of alkyl halides is 3. The van der Waals surface area contributed by atoms with Crippen LogP contribution in [0.4, 0.5) is 19.0 Å². The van der Waals surface area contributed by atoms with Gasteiger partial charge in [0.2, 0.25) is 0 Å². The van der Waals surface area contributed by atoms with Crippen molar-refractivity contribution in [1.29, 1.82) is 0 Å². The smallest absolute Gasteiger partial charge is 0.383 e. The maximum Gasteiger partial charge on any atom is 0.417 e. The van der Waals surface area contributed by atoms with Crippen LogP contribution in [0.15, 0.2) is 48.7 Å². The summed E-state index contributed by atoms with van der Waals surface area (Å²) in [6.07, 6.45) is -2.08. The Kier molecular flexibility index (Phi) is 3.52. The molecular formula is C16H14F3N3. The second kappa shape index (κ2) is 5.36. The third-order valence-corrected chi connectivity index (χ3v) is 3.55. The highest BCUT2D eigenvalue weighted by atomic mass is 19.4. The van der Waals surface area contributed by atoms with Crippen LogP contribution >= 0.6 is 0 Å². The van der Waals surface area contributed by atoms with Gasteiger partial charge in [0.1, 0.15) is 11.5 Å². The summed E-state index contributed by atoms with van der Waals surface area (Å²) in [7, 11) is 0. The lowest BCUT2D eigenvalue weighted by Crippen LogP contribution is -2.07. The fraction of sp³-hybridized carbons (Fsp3) is 0.188. The first-order chi connectivity index (χ1) is 10.4. The number of nitrogens with zero attached hydrogens (tertiary/aromatic N) is 2. The van der Waals surface area contributed by atoms with E-state index < -0.39 is 11.7 Å². The van der Waals surface area contributed by atoms with E-state index in [1.165, 1.54) is 10.5 Å². The van der Waals surface area contributed by atoms with Gasteiger partial charge >= 0.3 is 6.18 Å². The number of anilines is 1. The molecule has 0 aliphatic heterocycles. The number of benzene rings is 1. The number of pyridine rings is 1. The van der Waals surface area contributed by atoms with E-state index in [-0.39, 0.29) is 5.82 Å². The van der Waals surface area contributed by atoms with Crippen molar-refractivity contribution in [2.75, 3.05) is 5.73 Å². The van der Waals surface area contributed by atoms with Gasteiger partial charge in [-0.05, 0) is 30.5 Å². The molecule has 0 amide bonds. The highest BCUT2D eigenvalue weighted by Crippen LogP contribution is 2.30. The Balaban J connectivity index is 1.90. The molecule has 22 heavy (non-hydrogen) atoms. The Labute approximate surface area is 125 Å². The summed E-state index contributed by atoms with van der Waals surface area (Å²) in [5.74, 6) is 0.261. The molecule has 0 aliphatic rings. The lowest BCUT2D eigenvalue weighted by Gasteiger charge is -2.07. The number of hydrogen-bond donors (Lipinski definition) is 1. The minimum absolute atomic E-state index is 0.261. The number of aryl methyl sites for hydroxylation is 2. The maximum atomic E-state index is 12.7. The zero-order valence-electron chi connectivity index (χ0n) is 11.6. The second-order valence-electron chi connectivity index (χ2n) is 5.07. The summed E-state index contributed by atoms with van der Waals surface area (Å²) in [5, 5.41) is 0. The molecule has 114 valence electrons. The van der Waals surface area contributed by atoms with Crippen molar-refractivity contribution in [3.8, 4) is 0 Å². The lowest BCUT2D eigenvalue weighted by molar-refractivity contribution is -0.137. The summed E-state index contributed by atoms with van der Waals surface area (Å²) in [5.41, 5.74) is 7.38. The average Bonchev–Trinajstić information content (AvgIpc) is 2.81. The van der Waals surface area contributed by atoms with Crippen LogP contribution in [0.2, 0.25) is 0 Å². The molecule has 0 aliphatic carbocycles. The standard InChI is InChI=1S/C16H14F3N3/c17-16(18,19)12-7-9-14-21-13(15(20)22(14)10-12)8-6-11-4-2-1-3-5-11/h1-5,7,9-10H,6,8,20H2. The van der Waals surface area contributed by atoms with Crippen LogP contribution < -0.4 is 5.73 Å². The van der Waals surface area contributed by atoms with Crippen molar-refractivity contribution in [3.05, 3.63) is 65.5 Å². The molecule has 2 N–H and O–H groups in total. The predicted molar refractivity (Wildman–Crippen MR) is 78.5 cm³/mol. The molecule has 0 saturated heterocycles. The second-order valence-corrected chi connectivity index (χ2v) is 5.07. The summed E-state index contributed by atoms with van der Waals surface area (Å²) in [6.45, 7) is 0. The zero-order chi connectivity index (χ0) is 15.7. The molecule has 0 unspecified atom stereocenters. The van der Waals surface area contributed by atoms with Crippen LogP contribution in [0.25, 0.3) is 5.65 Å². The van der Waals surface area contributed by atoms with Crippen molar-refractivity contribution < 1.29 is 13.2 Å². The van der Waals surface area contributed by atoms with E-state index in [9.17, 15) is 13.2 Å². The molecule has 0 spiro atoms. The van der Waals surface area contributed by atoms with E-state index in [0.717, 1.165) is 24.2 Å². The first kappa shape index (κ1) is 14.4. The third-order valence-electron chi connectivity index (χ3n) is 3.55. The molecule has 0 radical (unpaired) electrons. The van der Waals surface area contributed by atoms with Crippen LogP contribution in [0.3, 0.4) is 0 Å². The van der Waals surface area contributed by atoms with Gasteiger partial charge in [-0.25, -0.2) is 4.98 Å². The zero-order valence-corrected chi connectivity index (χ0v) is 11.6. The highest BCUT2D eigenvalue weighted by Gasteiger charge is 2.31. The number of imidazole rings is 1. The molecule has 0 saturated carbocycles. The molecule has 6 heteroatoms. The van der Waals surface area contributed by atoms with Crippen LogP contribution in [0.1, 0.15) is 16.8 Å². The predicted octanol–water partition coefficient (Wildman–Crippen LogP) is 3.72. The van der Waals surface area contributed by atoms with Gasteiger partial charge in [-0.3, -0.25) is 4.40 Å². The topological polar surface area (TPSA) is 43.3 Å². The molecule has 2 heterocycles. The first-order valence-corrected chi connectivity index (χ1v) is 6.83. The van der Waals surface area contributed by atoms with E-state index in [4.69, 9.17) is 5.73 Å². The van der Waals surface area contributed by atoms with Gasteiger partial charge < -0.3 is 5.73 Å². The Morgan fingerprint density at radius 2 is 1.73 bits per heavy atom. The van der Waals surface area contributed by atoms with Gasteiger partial charge in [0.25, 0.3) is 0 Å². The largest absolute Gasteiger partial charge is 0.417 e. The normalized spacial score (nSPS) is 12.0. The summed E-state index contributed by atoms with van der Waals surface area (Å²) < 4.78 is 39.5. The minimum Gasteiger partial charge on any atom is -0.383 e. The van der Waals surface area contributed by atoms with Crippen LogP contribution in [-0.4, -0.2) is 9.38 Å². The molecule has 3 nitrogen and oxygen atoms in total. The Morgan fingerprint density at radius 1 is 1.00 bits per heavy atom. The van der Waals surface area contributed by atoms with E-state index in [1.54, 1.807) is 0 Å². The Bertz CT molecular complexity index is 791. The molecule has 0 bridgehead atoms. The van der Waals surface area contributed by atoms with E-state index in [0.29, 0.717) is 17.8 Å². The SMILES string of the molecule is Nc1c(CCc2ccccc2)nc2ccc(C(F)(F)F)cn12. The van der Waals surface area contributed by atoms with Crippen molar-refractivity contribution in [2.24, 2.45) is 0 Å². The molecule has 3 aromatic rings. The highest BCUT2D eigenvalue weighted by molar-refractivity contribution is 5.53. The van der Waals surface area contributed by atoms with Gasteiger partial charge in [-0.15, -0.1) is 0 Å². The van der Waals surface area contributed by atoms with Crippen LogP contribution in [0.5, 0.6) is 0 Å². The molecule has 0 atom stereocenters. The average molecular weight is 305 g/mol. The van der Waals surface area contributed by atoms with E-state index in [2.05, 4.69) is 4.98 Å². The van der Waals surface area contributed by atoms with Gasteiger partial charge in [0.05, 0.1) is 11.3 Å². The number of aromatic nitrogens is 2. The number of nitrogens with two attached hydrogens (primary N) is 1. The summed E-state index contributed by atoms with van der Waals surface area (Å²) in [4.78, 5) is 4.32. The molecule has 1 aromatic carbocycles. The Hall–Kier alpha value is -2.50. The minimum atomic E-state index is -4.39. The van der Waals surface area contributed by atoms with Gasteiger partial charge in [-0.2, -0.15) is 13.2 Å². The first-order valence-electron chi connectivity index (χ1n) is 6.83. The lowest BCUT2D eigenvalue weighted by atomic mass is 10.1. The van der Waals surface area contributed by atoms with Crippen molar-refractivity contribution >= 4 is 11.5 Å². The van der Waals surface area contributed by atoms with Gasteiger partial charge in [0, 0.05) is 6.20 Å². The maximum absolute atomic E-state index is 12.7. The van der Waals surface area contributed by atoms with Crippen LogP contribution in [-0.2, 0) is 19.0 Å². The quantitative estimate of drug-likeness (QED) is 0.801. The fourth-order valence-electron chi connectivity index (χ4n) is 2.37. The number of rotatable bonds is 3. The summed E-state index contributed by atoms with van der Waals surface area (Å²) >= 11 is 0. The van der Waals surface area contributed by atoms with Gasteiger partial charge in [0.15, 0.2) is 0 Å². The van der Waals surface area contributed by atoms with Crippen molar-refractivity contribution in [3.63, 3.8) is 0 Å². The van der Waals surface area contributed by atoms with E-state index >= 15 is 0 Å². The molecule has 3 rings (SSSR count). The van der Waals surface area contributed by atoms with Crippen molar-refractivity contribution in [1.82, 2.24) is 9.38 Å². The number of fused-ring (bicyclic) bond motifs is 1. The third kappa shape index (κ3) is 2.77.